The molecule has 0 saturated carbocycles. The van der Waals surface area contributed by atoms with Crippen LogP contribution in [0.3, 0.4) is 0 Å². The lowest BCUT2D eigenvalue weighted by Crippen LogP contribution is -2.43. The van der Waals surface area contributed by atoms with Crippen LogP contribution in [0.4, 0.5) is 0 Å². The van der Waals surface area contributed by atoms with Gasteiger partial charge in [-0.05, 0) is 17.9 Å². The normalized spacial score (nSPS) is 16.1. The van der Waals surface area contributed by atoms with E-state index in [0.717, 1.165) is 11.3 Å². The Labute approximate surface area is 182 Å². The second-order valence-electron chi connectivity index (χ2n) is 8.89. The zero-order valence-electron chi connectivity index (χ0n) is 17.7. The van der Waals surface area contributed by atoms with Crippen LogP contribution in [0.2, 0.25) is 0 Å². The number of imide groups is 2. The van der Waals surface area contributed by atoms with Crippen molar-refractivity contribution < 1.29 is 19.2 Å². The summed E-state index contributed by atoms with van der Waals surface area (Å²) < 4.78 is 0. The predicted molar refractivity (Wildman–Crippen MR) is 118 cm³/mol. The van der Waals surface area contributed by atoms with Crippen molar-refractivity contribution >= 4 is 56.6 Å². The van der Waals surface area contributed by atoms with E-state index in [1.54, 1.807) is 18.3 Å². The molecule has 31 heavy (non-hydrogen) atoms. The lowest BCUT2D eigenvalue weighted by atomic mass is 9.89. The summed E-state index contributed by atoms with van der Waals surface area (Å²) in [5, 5.41) is 1.37. The Hall–Kier alpha value is -3.13. The summed E-state index contributed by atoms with van der Waals surface area (Å²) in [6.07, 6.45) is 1.57. The van der Waals surface area contributed by atoms with Gasteiger partial charge in [-0.15, -0.1) is 11.3 Å². The number of fused-ring (bicyclic) bond motifs is 3. The third kappa shape index (κ3) is 2.61. The minimum absolute atomic E-state index is 0.0864. The topological polar surface area (TPSA) is 87.7 Å². The summed E-state index contributed by atoms with van der Waals surface area (Å²) in [5.41, 5.74) is 1.07. The van der Waals surface area contributed by atoms with Crippen LogP contribution in [0.25, 0.3) is 21.7 Å². The molecule has 0 N–H and O–H groups in total. The fourth-order valence-corrected chi connectivity index (χ4v) is 5.67. The van der Waals surface area contributed by atoms with E-state index in [1.807, 2.05) is 27.7 Å². The van der Waals surface area contributed by atoms with Crippen LogP contribution in [-0.2, 0) is 0 Å². The number of aromatic nitrogens is 1. The molecular weight excluding hydrogens is 414 g/mol. The van der Waals surface area contributed by atoms with Crippen LogP contribution in [0.1, 0.15) is 67.8 Å². The lowest BCUT2D eigenvalue weighted by Gasteiger charge is -2.29. The second-order valence-corrected chi connectivity index (χ2v) is 9.91. The van der Waals surface area contributed by atoms with E-state index >= 15 is 0 Å². The average Bonchev–Trinajstić information content (AvgIpc) is 3.11. The van der Waals surface area contributed by atoms with Gasteiger partial charge in [0, 0.05) is 35.4 Å². The van der Waals surface area contributed by atoms with Gasteiger partial charge in [0.25, 0.3) is 23.6 Å². The van der Waals surface area contributed by atoms with Crippen molar-refractivity contribution in [2.24, 2.45) is 11.8 Å². The van der Waals surface area contributed by atoms with Gasteiger partial charge in [-0.2, -0.15) is 0 Å². The van der Waals surface area contributed by atoms with Crippen molar-refractivity contribution in [3.63, 3.8) is 0 Å². The molecule has 2 aliphatic rings. The zero-order chi connectivity index (χ0) is 22.2. The Balaban J connectivity index is 1.91. The van der Waals surface area contributed by atoms with E-state index in [2.05, 4.69) is 4.98 Å². The average molecular weight is 436 g/mol. The van der Waals surface area contributed by atoms with Gasteiger partial charge in [0.1, 0.15) is 9.75 Å². The quantitative estimate of drug-likeness (QED) is 0.579. The molecule has 0 aliphatic carbocycles. The van der Waals surface area contributed by atoms with Gasteiger partial charge in [-0.1, -0.05) is 33.8 Å². The van der Waals surface area contributed by atoms with Gasteiger partial charge in [0.15, 0.2) is 0 Å². The maximum absolute atomic E-state index is 13.5. The molecule has 2 aliphatic heterocycles. The lowest BCUT2D eigenvalue weighted by molar-refractivity contribution is 0.0580. The number of rotatable bonds is 4. The smallest absolute Gasteiger partial charge is 0.271 e. The molecule has 0 fully saturated rings. The molecular formula is C23H21N3O4S. The highest BCUT2D eigenvalue weighted by molar-refractivity contribution is 7.18. The van der Waals surface area contributed by atoms with Crippen molar-refractivity contribution in [3.8, 4) is 0 Å². The fraction of sp³-hybridized carbons (Fsp3) is 0.348. The van der Waals surface area contributed by atoms with E-state index in [1.165, 1.54) is 9.80 Å². The van der Waals surface area contributed by atoms with Crippen LogP contribution in [0.15, 0.2) is 18.3 Å². The van der Waals surface area contributed by atoms with E-state index < -0.39 is 23.6 Å². The highest BCUT2D eigenvalue weighted by Gasteiger charge is 2.44. The summed E-state index contributed by atoms with van der Waals surface area (Å²) in [6, 6.07) is 3.47. The Morgan fingerprint density at radius 3 is 1.87 bits per heavy atom. The fourth-order valence-electron chi connectivity index (χ4n) is 4.46. The van der Waals surface area contributed by atoms with Crippen molar-refractivity contribution in [1.82, 2.24) is 14.8 Å². The minimum atomic E-state index is -0.421. The Kier molecular flexibility index (Phi) is 4.27. The molecule has 4 amide bonds. The number of thiophene rings is 1. The predicted octanol–water partition coefficient (Wildman–Crippen LogP) is 3.95. The van der Waals surface area contributed by atoms with Crippen LogP contribution in [-0.4, -0.2) is 51.5 Å². The summed E-state index contributed by atoms with van der Waals surface area (Å²) in [4.78, 5) is 61.1. The van der Waals surface area contributed by atoms with Crippen LogP contribution < -0.4 is 0 Å². The Morgan fingerprint density at radius 2 is 1.32 bits per heavy atom. The number of benzene rings is 1. The molecule has 0 radical (unpaired) electrons. The minimum Gasteiger partial charge on any atom is -0.273 e. The first-order valence-electron chi connectivity index (χ1n) is 10.3. The number of carbonyl (C=O) groups is 4. The van der Waals surface area contributed by atoms with Crippen LogP contribution in [0, 0.1) is 11.8 Å². The number of carbonyl (C=O) groups excluding carboxylic acids is 4. The molecule has 0 bridgehead atoms. The zero-order valence-corrected chi connectivity index (χ0v) is 18.5. The standard InChI is InChI=1S/C23H21N3O4S/c1-10(2)8-25-20(27)13-12-6-5-7-24-17(12)16-15-14(13)18(22(25)29)31-19(15)23(30)26(21(16)28)9-11(3)4/h5-7,10-11H,8-9H2,1-4H3. The second kappa shape index (κ2) is 6.68. The third-order valence-corrected chi connectivity index (χ3v) is 6.78. The Morgan fingerprint density at radius 1 is 0.806 bits per heavy atom. The van der Waals surface area contributed by atoms with E-state index in [9.17, 15) is 19.2 Å². The highest BCUT2D eigenvalue weighted by atomic mass is 32.1. The van der Waals surface area contributed by atoms with Crippen molar-refractivity contribution in [3.05, 3.63) is 39.2 Å². The number of amides is 4. The van der Waals surface area contributed by atoms with Gasteiger partial charge in [-0.25, -0.2) is 0 Å². The molecule has 3 aromatic rings. The SMILES string of the molecule is CC(C)CN1C(=O)c2sc3c4c(c5ncccc5c(c24)C1=O)C(=O)N(CC(C)C)C3=O. The number of hydrogen-bond acceptors (Lipinski definition) is 6. The third-order valence-electron chi connectivity index (χ3n) is 5.61. The highest BCUT2D eigenvalue weighted by Crippen LogP contribution is 2.46. The first kappa shape index (κ1) is 19.8. The number of pyridine rings is 1. The molecule has 158 valence electrons. The monoisotopic (exact) mass is 435 g/mol. The molecule has 0 saturated heterocycles. The summed E-state index contributed by atoms with van der Waals surface area (Å²) >= 11 is 1.08. The van der Waals surface area contributed by atoms with E-state index in [-0.39, 0.29) is 24.9 Å². The van der Waals surface area contributed by atoms with Gasteiger partial charge >= 0.3 is 0 Å². The van der Waals surface area contributed by atoms with Crippen LogP contribution >= 0.6 is 11.3 Å². The Bertz CT molecular complexity index is 1240. The van der Waals surface area contributed by atoms with Crippen LogP contribution in [0.5, 0.6) is 0 Å². The number of hydrogen-bond donors (Lipinski definition) is 0. The largest absolute Gasteiger partial charge is 0.273 e. The van der Waals surface area contributed by atoms with Gasteiger partial charge < -0.3 is 0 Å². The van der Waals surface area contributed by atoms with E-state index in [4.69, 9.17) is 0 Å². The van der Waals surface area contributed by atoms with Gasteiger partial charge in [0.2, 0.25) is 0 Å². The first-order valence-corrected chi connectivity index (χ1v) is 11.1. The molecule has 5 rings (SSSR count). The summed E-state index contributed by atoms with van der Waals surface area (Å²) in [7, 11) is 0. The maximum Gasteiger partial charge on any atom is 0.271 e. The van der Waals surface area contributed by atoms with Gasteiger partial charge in [-0.3, -0.25) is 34.0 Å². The molecule has 1 aromatic carbocycles. The first-order chi connectivity index (χ1) is 14.7. The maximum atomic E-state index is 13.5. The number of nitrogens with zero attached hydrogens (tertiary/aromatic N) is 3. The molecule has 7 nitrogen and oxygen atoms in total. The van der Waals surface area contributed by atoms with Crippen molar-refractivity contribution in [2.75, 3.05) is 13.1 Å². The molecule has 8 heteroatoms. The van der Waals surface area contributed by atoms with Crippen molar-refractivity contribution in [2.45, 2.75) is 27.7 Å². The van der Waals surface area contributed by atoms with E-state index in [0.29, 0.717) is 42.6 Å². The molecule has 4 heterocycles. The van der Waals surface area contributed by atoms with Crippen molar-refractivity contribution in [1.29, 1.82) is 0 Å². The molecule has 0 atom stereocenters. The molecule has 0 unspecified atom stereocenters. The summed E-state index contributed by atoms with van der Waals surface area (Å²) in [6.45, 7) is 8.30. The van der Waals surface area contributed by atoms with Gasteiger partial charge in [0.05, 0.1) is 16.6 Å². The summed E-state index contributed by atoms with van der Waals surface area (Å²) in [5.74, 6) is -1.46. The molecule has 2 aromatic heterocycles. The molecule has 0 spiro atoms.